The summed E-state index contributed by atoms with van der Waals surface area (Å²) in [5.41, 5.74) is 0.632. The van der Waals surface area contributed by atoms with Crippen molar-refractivity contribution in [3.8, 4) is 11.5 Å². The molecule has 0 heterocycles. The van der Waals surface area contributed by atoms with Crippen molar-refractivity contribution in [2.45, 2.75) is 32.1 Å². The molecule has 1 aromatic carbocycles. The number of benzene rings is 1. The average Bonchev–Trinajstić information content (AvgIpc) is 3.09. The van der Waals surface area contributed by atoms with Crippen LogP contribution in [-0.4, -0.2) is 23.3 Å². The number of carboxylic acid groups (broad SMARTS) is 1. The minimum absolute atomic E-state index is 0.100. The van der Waals surface area contributed by atoms with E-state index in [9.17, 15) is 15.0 Å². The molecule has 0 spiro atoms. The third-order valence-electron chi connectivity index (χ3n) is 3.67. The first-order valence-electron chi connectivity index (χ1n) is 5.66. The van der Waals surface area contributed by atoms with Gasteiger partial charge in [-0.1, -0.05) is 11.6 Å². The molecule has 5 heteroatoms. The third-order valence-corrected chi connectivity index (χ3v) is 4.23. The minimum Gasteiger partial charge on any atom is -0.504 e. The molecule has 18 heavy (non-hydrogen) atoms. The molecule has 2 rings (SSSR count). The van der Waals surface area contributed by atoms with Crippen molar-refractivity contribution in [2.24, 2.45) is 0 Å². The van der Waals surface area contributed by atoms with Crippen molar-refractivity contribution in [1.82, 2.24) is 0 Å². The second-order valence-electron chi connectivity index (χ2n) is 4.71. The Hall–Kier alpha value is -1.42. The second-order valence-corrected chi connectivity index (χ2v) is 5.09. The van der Waals surface area contributed by atoms with Gasteiger partial charge in [0.1, 0.15) is 0 Å². The van der Waals surface area contributed by atoms with E-state index in [0.29, 0.717) is 34.6 Å². The Morgan fingerprint density at radius 3 is 2.28 bits per heavy atom. The van der Waals surface area contributed by atoms with E-state index in [0.717, 1.165) is 0 Å². The predicted octanol–water partition coefficient (Wildman–Crippen LogP) is 2.79. The van der Waals surface area contributed by atoms with Gasteiger partial charge in [-0.15, -0.1) is 0 Å². The van der Waals surface area contributed by atoms with Crippen LogP contribution >= 0.6 is 11.6 Å². The summed E-state index contributed by atoms with van der Waals surface area (Å²) < 4.78 is 5.13. The Bertz CT molecular complexity index is 533. The Morgan fingerprint density at radius 2 is 1.89 bits per heavy atom. The van der Waals surface area contributed by atoms with E-state index < -0.39 is 11.4 Å². The number of hydrogen-bond donors (Lipinski definition) is 2. The molecule has 1 aliphatic carbocycles. The monoisotopic (exact) mass is 270 g/mol. The summed E-state index contributed by atoms with van der Waals surface area (Å²) in [7, 11) is 1.43. The summed E-state index contributed by atoms with van der Waals surface area (Å²) in [4.78, 5) is 11.4. The molecular formula is C13H15ClO4. The standard InChI is InChI=1S/C13H15ClO4/c1-6-8(13(4-5-13)12(16)17)10(15)11(18-3)7(2)9(6)14/h15H,4-5H2,1-3H3,(H,16,17). The van der Waals surface area contributed by atoms with Crippen LogP contribution in [0.25, 0.3) is 0 Å². The van der Waals surface area contributed by atoms with Crippen LogP contribution in [0.1, 0.15) is 29.5 Å². The molecule has 0 saturated heterocycles. The van der Waals surface area contributed by atoms with Crippen LogP contribution in [0, 0.1) is 13.8 Å². The summed E-state index contributed by atoms with van der Waals surface area (Å²) in [6.07, 6.45) is 1.03. The lowest BCUT2D eigenvalue weighted by molar-refractivity contribution is -0.140. The van der Waals surface area contributed by atoms with Crippen LogP contribution in [0.15, 0.2) is 0 Å². The molecule has 0 bridgehead atoms. The van der Waals surface area contributed by atoms with Crippen LogP contribution < -0.4 is 4.74 Å². The lowest BCUT2D eigenvalue weighted by Crippen LogP contribution is -2.21. The van der Waals surface area contributed by atoms with Crippen LogP contribution in [0.4, 0.5) is 0 Å². The van der Waals surface area contributed by atoms with Gasteiger partial charge < -0.3 is 14.9 Å². The van der Waals surface area contributed by atoms with Gasteiger partial charge in [0.15, 0.2) is 11.5 Å². The topological polar surface area (TPSA) is 66.8 Å². The lowest BCUT2D eigenvalue weighted by atomic mass is 9.89. The highest BCUT2D eigenvalue weighted by atomic mass is 35.5. The third kappa shape index (κ3) is 1.56. The lowest BCUT2D eigenvalue weighted by Gasteiger charge is -2.20. The zero-order valence-electron chi connectivity index (χ0n) is 10.5. The van der Waals surface area contributed by atoms with Gasteiger partial charge in [0.25, 0.3) is 0 Å². The van der Waals surface area contributed by atoms with Crippen LogP contribution in [0.3, 0.4) is 0 Å². The maximum absolute atomic E-state index is 11.4. The maximum atomic E-state index is 11.4. The summed E-state index contributed by atoms with van der Waals surface area (Å²) in [5, 5.41) is 20.0. The maximum Gasteiger partial charge on any atom is 0.314 e. The van der Waals surface area contributed by atoms with Gasteiger partial charge in [0, 0.05) is 11.1 Å². The minimum atomic E-state index is -1.00. The highest BCUT2D eigenvalue weighted by Gasteiger charge is 2.55. The molecule has 0 amide bonds. The van der Waals surface area contributed by atoms with E-state index >= 15 is 0 Å². The van der Waals surface area contributed by atoms with Crippen LogP contribution in [0.5, 0.6) is 11.5 Å². The zero-order valence-corrected chi connectivity index (χ0v) is 11.3. The number of phenols is 1. The first-order chi connectivity index (χ1) is 8.36. The van der Waals surface area contributed by atoms with E-state index in [1.165, 1.54) is 7.11 Å². The molecule has 0 atom stereocenters. The normalized spacial score (nSPS) is 16.4. The van der Waals surface area contributed by atoms with Gasteiger partial charge in [-0.05, 0) is 32.3 Å². The largest absolute Gasteiger partial charge is 0.504 e. The van der Waals surface area contributed by atoms with Gasteiger partial charge in [-0.25, -0.2) is 0 Å². The van der Waals surface area contributed by atoms with Gasteiger partial charge in [0.05, 0.1) is 17.5 Å². The number of phenolic OH excluding ortho intramolecular Hbond substituents is 1. The Labute approximate surface area is 110 Å². The smallest absolute Gasteiger partial charge is 0.314 e. The fourth-order valence-corrected chi connectivity index (χ4v) is 2.67. The Morgan fingerprint density at radius 1 is 1.33 bits per heavy atom. The van der Waals surface area contributed by atoms with Gasteiger partial charge in [-0.3, -0.25) is 4.79 Å². The summed E-state index contributed by atoms with van der Waals surface area (Å²) >= 11 is 6.19. The number of halogens is 1. The summed E-state index contributed by atoms with van der Waals surface area (Å²) in [6, 6.07) is 0. The molecule has 0 radical (unpaired) electrons. The first-order valence-corrected chi connectivity index (χ1v) is 6.04. The number of rotatable bonds is 3. The molecular weight excluding hydrogens is 256 g/mol. The number of methoxy groups -OCH3 is 1. The SMILES string of the molecule is COc1c(C)c(Cl)c(C)c(C2(C(=O)O)CC2)c1O. The Balaban J connectivity index is 2.76. The number of aromatic hydroxyl groups is 1. The number of carbonyl (C=O) groups is 1. The quantitative estimate of drug-likeness (QED) is 0.886. The van der Waals surface area contributed by atoms with E-state index in [4.69, 9.17) is 16.3 Å². The van der Waals surface area contributed by atoms with Crippen molar-refractivity contribution in [3.05, 3.63) is 21.7 Å². The number of carboxylic acids is 1. The number of hydrogen-bond acceptors (Lipinski definition) is 3. The molecule has 1 fully saturated rings. The van der Waals surface area contributed by atoms with Crippen molar-refractivity contribution in [2.75, 3.05) is 7.11 Å². The van der Waals surface area contributed by atoms with E-state index in [2.05, 4.69) is 0 Å². The fraction of sp³-hybridized carbons (Fsp3) is 0.462. The van der Waals surface area contributed by atoms with E-state index in [1.807, 2.05) is 0 Å². The first kappa shape index (κ1) is 13.0. The molecule has 0 aromatic heterocycles. The van der Waals surface area contributed by atoms with Gasteiger partial charge in [-0.2, -0.15) is 0 Å². The second kappa shape index (κ2) is 4.05. The van der Waals surface area contributed by atoms with Crippen molar-refractivity contribution in [1.29, 1.82) is 0 Å². The van der Waals surface area contributed by atoms with Crippen molar-refractivity contribution >= 4 is 17.6 Å². The number of ether oxygens (including phenoxy) is 1. The van der Waals surface area contributed by atoms with Crippen molar-refractivity contribution < 1.29 is 19.7 Å². The molecule has 1 aliphatic rings. The summed E-state index contributed by atoms with van der Waals surface area (Å²) in [5.74, 6) is -0.771. The molecule has 98 valence electrons. The summed E-state index contributed by atoms with van der Waals surface area (Å²) in [6.45, 7) is 3.46. The molecule has 1 saturated carbocycles. The van der Waals surface area contributed by atoms with E-state index in [1.54, 1.807) is 13.8 Å². The van der Waals surface area contributed by atoms with Crippen molar-refractivity contribution in [3.63, 3.8) is 0 Å². The van der Waals surface area contributed by atoms with Crippen LogP contribution in [-0.2, 0) is 10.2 Å². The van der Waals surface area contributed by atoms with Gasteiger partial charge in [0.2, 0.25) is 0 Å². The van der Waals surface area contributed by atoms with E-state index in [-0.39, 0.29) is 11.5 Å². The average molecular weight is 271 g/mol. The fourth-order valence-electron chi connectivity index (χ4n) is 2.49. The zero-order chi connectivity index (χ0) is 13.7. The highest BCUT2D eigenvalue weighted by molar-refractivity contribution is 6.32. The molecule has 2 N–H and O–H groups in total. The number of aliphatic carboxylic acids is 1. The molecule has 0 unspecified atom stereocenters. The molecule has 4 nitrogen and oxygen atoms in total. The van der Waals surface area contributed by atoms with Gasteiger partial charge >= 0.3 is 5.97 Å². The molecule has 1 aromatic rings. The predicted molar refractivity (Wildman–Crippen MR) is 67.7 cm³/mol. The Kier molecular flexibility index (Phi) is 2.93. The van der Waals surface area contributed by atoms with Crippen LogP contribution in [0.2, 0.25) is 5.02 Å². The molecule has 0 aliphatic heterocycles. The highest BCUT2D eigenvalue weighted by Crippen LogP contribution is 2.56.